The van der Waals surface area contributed by atoms with Crippen LogP contribution in [-0.2, 0) is 13.3 Å². The molecule has 0 aliphatic rings. The van der Waals surface area contributed by atoms with Crippen LogP contribution in [0.15, 0.2) is 0 Å². The number of unbranched alkanes of at least 4 members (excludes halogenated alkanes) is 6. The van der Waals surface area contributed by atoms with Gasteiger partial charge in [-0.2, -0.15) is 0 Å². The lowest BCUT2D eigenvalue weighted by Crippen LogP contribution is -2.43. The molecule has 0 saturated carbocycles. The van der Waals surface area contributed by atoms with E-state index >= 15 is 0 Å². The van der Waals surface area contributed by atoms with E-state index in [-0.39, 0.29) is 6.67 Å². The van der Waals surface area contributed by atoms with E-state index < -0.39 is 8.80 Å². The Morgan fingerprint density at radius 2 is 1.37 bits per heavy atom. The molecule has 0 radical (unpaired) electrons. The van der Waals surface area contributed by atoms with Crippen molar-refractivity contribution in [3.63, 3.8) is 0 Å². The van der Waals surface area contributed by atoms with Gasteiger partial charge in [0.2, 0.25) is 0 Å². The van der Waals surface area contributed by atoms with Gasteiger partial charge in [-0.25, -0.2) is 0 Å². The van der Waals surface area contributed by atoms with Crippen molar-refractivity contribution in [3.05, 3.63) is 0 Å². The minimum absolute atomic E-state index is 0.175. The third-order valence-electron chi connectivity index (χ3n) is 3.28. The second kappa shape index (κ2) is 13.0. The monoisotopic (exact) mass is 294 g/mol. The van der Waals surface area contributed by atoms with Gasteiger partial charge in [0, 0.05) is 26.9 Å². The van der Waals surface area contributed by atoms with E-state index in [1.165, 1.54) is 19.3 Å². The molecule has 0 N–H and O–H groups in total. The van der Waals surface area contributed by atoms with Gasteiger partial charge in [-0.3, -0.25) is 4.39 Å². The second-order valence-corrected chi connectivity index (χ2v) is 7.82. The number of alkyl halides is 1. The molecule has 0 aromatic rings. The molecular formula is C14H31FO3Si. The zero-order valence-electron chi connectivity index (χ0n) is 12.9. The van der Waals surface area contributed by atoms with Crippen LogP contribution in [0.25, 0.3) is 0 Å². The van der Waals surface area contributed by atoms with Gasteiger partial charge in [-0.05, 0) is 12.8 Å². The number of hydrogen-bond donors (Lipinski definition) is 0. The van der Waals surface area contributed by atoms with Gasteiger partial charge in [0.05, 0.1) is 6.67 Å². The molecule has 116 valence electrons. The molecule has 3 nitrogen and oxygen atoms in total. The molecule has 0 aromatic carbocycles. The first kappa shape index (κ1) is 19.0. The van der Waals surface area contributed by atoms with Gasteiger partial charge in [0.15, 0.2) is 0 Å². The van der Waals surface area contributed by atoms with E-state index in [2.05, 4.69) is 6.92 Å². The number of rotatable bonds is 14. The van der Waals surface area contributed by atoms with Gasteiger partial charge in [-0.15, -0.1) is 0 Å². The highest BCUT2D eigenvalue weighted by molar-refractivity contribution is 6.60. The molecule has 0 heterocycles. The Morgan fingerprint density at radius 1 is 0.842 bits per heavy atom. The van der Waals surface area contributed by atoms with Crippen LogP contribution in [0.2, 0.25) is 6.04 Å². The molecule has 0 atom stereocenters. The summed E-state index contributed by atoms with van der Waals surface area (Å²) in [4.78, 5) is 0. The Labute approximate surface area is 119 Å². The Balaban J connectivity index is 3.50. The second-order valence-electron chi connectivity index (χ2n) is 4.85. The molecule has 0 rings (SSSR count). The van der Waals surface area contributed by atoms with Crippen LogP contribution in [0.4, 0.5) is 4.39 Å². The van der Waals surface area contributed by atoms with E-state index in [0.29, 0.717) is 0 Å². The van der Waals surface area contributed by atoms with Crippen molar-refractivity contribution >= 4 is 8.80 Å². The van der Waals surface area contributed by atoms with Crippen molar-refractivity contribution in [1.82, 2.24) is 0 Å². The van der Waals surface area contributed by atoms with E-state index in [1.807, 2.05) is 0 Å². The normalized spacial score (nSPS) is 12.0. The molecule has 0 bridgehead atoms. The Hall–Kier alpha value is 0.0269. The first-order chi connectivity index (χ1) is 9.24. The molecule has 0 aliphatic carbocycles. The van der Waals surface area contributed by atoms with Crippen LogP contribution in [-0.4, -0.2) is 36.3 Å². The van der Waals surface area contributed by atoms with Gasteiger partial charge >= 0.3 is 8.80 Å². The summed E-state index contributed by atoms with van der Waals surface area (Å²) in [5, 5.41) is 0. The lowest BCUT2D eigenvalue weighted by Gasteiger charge is -2.25. The van der Waals surface area contributed by atoms with Crippen molar-refractivity contribution in [2.24, 2.45) is 0 Å². The van der Waals surface area contributed by atoms with Crippen molar-refractivity contribution in [2.45, 2.75) is 64.3 Å². The maximum atomic E-state index is 11.9. The van der Waals surface area contributed by atoms with Crippen molar-refractivity contribution in [1.29, 1.82) is 0 Å². The van der Waals surface area contributed by atoms with Crippen LogP contribution < -0.4 is 0 Å². The topological polar surface area (TPSA) is 27.7 Å². The maximum absolute atomic E-state index is 11.9. The molecule has 0 amide bonds. The van der Waals surface area contributed by atoms with Gasteiger partial charge < -0.3 is 13.3 Å². The fourth-order valence-electron chi connectivity index (χ4n) is 2.09. The summed E-state index contributed by atoms with van der Waals surface area (Å²) in [6.45, 7) is 2.66. The van der Waals surface area contributed by atoms with Crippen LogP contribution in [0.1, 0.15) is 58.3 Å². The quantitative estimate of drug-likeness (QED) is 0.352. The van der Waals surface area contributed by atoms with E-state index in [0.717, 1.165) is 44.8 Å². The van der Waals surface area contributed by atoms with E-state index in [1.54, 1.807) is 14.2 Å². The zero-order chi connectivity index (χ0) is 14.4. The first-order valence-corrected chi connectivity index (χ1v) is 9.48. The predicted molar refractivity (Wildman–Crippen MR) is 79.1 cm³/mol. The summed E-state index contributed by atoms with van der Waals surface area (Å²) in [6.07, 6.45) is 8.53. The summed E-state index contributed by atoms with van der Waals surface area (Å²) in [5.41, 5.74) is 0. The third-order valence-corrected chi connectivity index (χ3v) is 6.28. The highest BCUT2D eigenvalue weighted by Gasteiger charge is 2.37. The average Bonchev–Trinajstić information content (AvgIpc) is 2.44. The lowest BCUT2D eigenvalue weighted by molar-refractivity contribution is 0.0961. The summed E-state index contributed by atoms with van der Waals surface area (Å²) in [7, 11) is 0.982. The van der Waals surface area contributed by atoms with Gasteiger partial charge in [0.25, 0.3) is 0 Å². The van der Waals surface area contributed by atoms with Crippen molar-refractivity contribution < 1.29 is 17.7 Å². The fraction of sp³-hybridized carbons (Fsp3) is 1.00. The molecule has 0 aliphatic heterocycles. The van der Waals surface area contributed by atoms with E-state index in [9.17, 15) is 4.39 Å². The largest absolute Gasteiger partial charge is 0.500 e. The Morgan fingerprint density at radius 3 is 1.84 bits per heavy atom. The smallest absolute Gasteiger partial charge is 0.377 e. The van der Waals surface area contributed by atoms with Crippen LogP contribution in [0, 0.1) is 0 Å². The summed E-state index contributed by atoms with van der Waals surface area (Å²) >= 11 is 0. The van der Waals surface area contributed by atoms with Crippen LogP contribution in [0.5, 0.6) is 0 Å². The molecule has 5 heteroatoms. The molecule has 0 fully saturated rings. The van der Waals surface area contributed by atoms with Crippen molar-refractivity contribution in [3.8, 4) is 0 Å². The Kier molecular flexibility index (Phi) is 13.0. The first-order valence-electron chi connectivity index (χ1n) is 7.55. The maximum Gasteiger partial charge on any atom is 0.500 e. The number of hydrogen-bond acceptors (Lipinski definition) is 3. The van der Waals surface area contributed by atoms with Crippen LogP contribution >= 0.6 is 0 Å². The summed E-state index contributed by atoms with van der Waals surface area (Å²) in [5.74, 6) is 0. The Bertz CT molecular complexity index is 190. The molecular weight excluding hydrogens is 263 g/mol. The van der Waals surface area contributed by atoms with Gasteiger partial charge in [0.1, 0.15) is 0 Å². The highest BCUT2D eigenvalue weighted by atomic mass is 28.4. The number of halogens is 1. The molecule has 0 unspecified atom stereocenters. The minimum Gasteiger partial charge on any atom is -0.377 e. The summed E-state index contributed by atoms with van der Waals surface area (Å²) < 4.78 is 28.6. The predicted octanol–water partition coefficient (Wildman–Crippen LogP) is 4.34. The van der Waals surface area contributed by atoms with Gasteiger partial charge in [-0.1, -0.05) is 45.4 Å². The zero-order valence-corrected chi connectivity index (χ0v) is 13.9. The lowest BCUT2D eigenvalue weighted by atomic mass is 10.1. The minimum atomic E-state index is -2.37. The third kappa shape index (κ3) is 9.54. The average molecular weight is 294 g/mol. The van der Waals surface area contributed by atoms with Crippen LogP contribution in [0.3, 0.4) is 0 Å². The fourth-order valence-corrected chi connectivity index (χ4v) is 4.11. The molecule has 0 aromatic heterocycles. The summed E-state index contributed by atoms with van der Waals surface area (Å²) in [6, 6.07) is 0.878. The highest BCUT2D eigenvalue weighted by Crippen LogP contribution is 2.17. The van der Waals surface area contributed by atoms with Crippen molar-refractivity contribution in [2.75, 3.05) is 27.5 Å². The molecule has 0 spiro atoms. The molecule has 19 heavy (non-hydrogen) atoms. The standard InChI is InChI=1S/C14H31FO3Si/c1-4-14-19(16-2,17-3)18-13-11-9-7-5-6-8-10-12-15/h4-14H2,1-3H3. The van der Waals surface area contributed by atoms with E-state index in [4.69, 9.17) is 13.3 Å². The molecule has 0 saturated heterocycles. The SMILES string of the molecule is CCC[Si](OC)(OC)OCCCCCCCCCF.